The van der Waals surface area contributed by atoms with Gasteiger partial charge in [-0.3, -0.25) is 0 Å². The van der Waals surface area contributed by atoms with Crippen molar-refractivity contribution in [1.29, 1.82) is 0 Å². The van der Waals surface area contributed by atoms with Crippen molar-refractivity contribution in [3.05, 3.63) is 211 Å². The van der Waals surface area contributed by atoms with Crippen LogP contribution in [0.3, 0.4) is 0 Å². The molecule has 1 aliphatic carbocycles. The van der Waals surface area contributed by atoms with Crippen molar-refractivity contribution in [3.63, 3.8) is 0 Å². The standard InChI is InChI=1S/C50H38N2/c1-3-14-41(15-4-1)50-48-20-10-8-13-39(48)28-35-49(50)51-42-29-22-36(23-30-42)37-24-31-44(32-25-37)52(43-17-5-2-6-18-43)45-33-26-40(27-34-45)47-21-11-16-38-12-7-9-19-46(38)47/h1-24,26-31,33-35,51H,25,32H2. The second-order valence-electron chi connectivity index (χ2n) is 13.4. The van der Waals surface area contributed by atoms with Crippen molar-refractivity contribution in [3.8, 4) is 22.3 Å². The van der Waals surface area contributed by atoms with Crippen LogP contribution in [0.4, 0.5) is 22.7 Å². The molecule has 2 nitrogen and oxygen atoms in total. The minimum Gasteiger partial charge on any atom is -0.355 e. The van der Waals surface area contributed by atoms with Crippen LogP contribution in [0.1, 0.15) is 18.4 Å². The van der Waals surface area contributed by atoms with Gasteiger partial charge in [0.05, 0.1) is 0 Å². The third-order valence-corrected chi connectivity index (χ3v) is 10.2. The van der Waals surface area contributed by atoms with Crippen molar-refractivity contribution in [2.24, 2.45) is 0 Å². The van der Waals surface area contributed by atoms with Gasteiger partial charge in [0.25, 0.3) is 0 Å². The molecule has 52 heavy (non-hydrogen) atoms. The van der Waals surface area contributed by atoms with E-state index in [2.05, 4.69) is 210 Å². The molecule has 0 atom stereocenters. The Morgan fingerprint density at radius 3 is 1.75 bits per heavy atom. The van der Waals surface area contributed by atoms with E-state index >= 15 is 0 Å². The van der Waals surface area contributed by atoms with Crippen LogP contribution in [0.15, 0.2) is 206 Å². The fraction of sp³-hybridized carbons (Fsp3) is 0.0400. The summed E-state index contributed by atoms with van der Waals surface area (Å²) in [5, 5.41) is 8.76. The van der Waals surface area contributed by atoms with Gasteiger partial charge in [0.1, 0.15) is 0 Å². The van der Waals surface area contributed by atoms with E-state index in [0.29, 0.717) is 0 Å². The van der Waals surface area contributed by atoms with Crippen molar-refractivity contribution in [2.75, 3.05) is 10.2 Å². The van der Waals surface area contributed by atoms with E-state index in [1.165, 1.54) is 66.3 Å². The zero-order valence-electron chi connectivity index (χ0n) is 28.9. The summed E-state index contributed by atoms with van der Waals surface area (Å²) in [4.78, 5) is 2.40. The lowest BCUT2D eigenvalue weighted by molar-refractivity contribution is 0.930. The highest BCUT2D eigenvalue weighted by atomic mass is 15.1. The summed E-state index contributed by atoms with van der Waals surface area (Å²) >= 11 is 0. The first kappa shape index (κ1) is 31.3. The molecule has 0 heterocycles. The third kappa shape index (κ3) is 6.16. The number of nitrogens with zero attached hydrogens (tertiary/aromatic N) is 1. The van der Waals surface area contributed by atoms with E-state index in [4.69, 9.17) is 0 Å². The molecule has 8 aromatic carbocycles. The molecule has 0 saturated carbocycles. The highest BCUT2D eigenvalue weighted by Gasteiger charge is 2.19. The molecule has 0 fully saturated rings. The first-order chi connectivity index (χ1) is 25.8. The molecule has 0 spiro atoms. The van der Waals surface area contributed by atoms with Gasteiger partial charge in [-0.1, -0.05) is 152 Å². The number of benzene rings is 8. The second-order valence-corrected chi connectivity index (χ2v) is 13.4. The maximum atomic E-state index is 3.74. The third-order valence-electron chi connectivity index (χ3n) is 10.2. The normalized spacial score (nSPS) is 12.7. The zero-order valence-corrected chi connectivity index (χ0v) is 28.9. The molecule has 2 heteroatoms. The topological polar surface area (TPSA) is 15.3 Å². The van der Waals surface area contributed by atoms with Gasteiger partial charge in [-0.2, -0.15) is 0 Å². The average Bonchev–Trinajstić information content (AvgIpc) is 3.22. The monoisotopic (exact) mass is 666 g/mol. The van der Waals surface area contributed by atoms with Gasteiger partial charge in [0.2, 0.25) is 0 Å². The van der Waals surface area contributed by atoms with Crippen molar-refractivity contribution in [2.45, 2.75) is 12.8 Å². The molecule has 1 N–H and O–H groups in total. The highest BCUT2D eigenvalue weighted by Crippen LogP contribution is 2.40. The fourth-order valence-electron chi connectivity index (χ4n) is 7.59. The van der Waals surface area contributed by atoms with Gasteiger partial charge in [-0.15, -0.1) is 0 Å². The lowest BCUT2D eigenvalue weighted by Gasteiger charge is -2.30. The predicted octanol–water partition coefficient (Wildman–Crippen LogP) is 14.0. The van der Waals surface area contributed by atoms with Crippen LogP contribution >= 0.6 is 0 Å². The fourth-order valence-corrected chi connectivity index (χ4v) is 7.59. The van der Waals surface area contributed by atoms with E-state index in [9.17, 15) is 0 Å². The molecule has 9 rings (SSSR count). The number of para-hydroxylation sites is 1. The molecule has 0 unspecified atom stereocenters. The molecule has 1 aliphatic rings. The van der Waals surface area contributed by atoms with Crippen molar-refractivity contribution >= 4 is 49.9 Å². The van der Waals surface area contributed by atoms with E-state index < -0.39 is 0 Å². The first-order valence-corrected chi connectivity index (χ1v) is 18.1. The predicted molar refractivity (Wildman–Crippen MR) is 222 cm³/mol. The largest absolute Gasteiger partial charge is 0.355 e. The highest BCUT2D eigenvalue weighted by molar-refractivity contribution is 6.03. The smallest absolute Gasteiger partial charge is 0.0470 e. The molecule has 0 amide bonds. The van der Waals surface area contributed by atoms with E-state index in [1.54, 1.807) is 0 Å². The van der Waals surface area contributed by atoms with E-state index in [1.807, 2.05) is 0 Å². The summed E-state index contributed by atoms with van der Waals surface area (Å²) < 4.78 is 0. The number of anilines is 4. The van der Waals surface area contributed by atoms with Crippen LogP contribution < -0.4 is 10.2 Å². The molecular formula is C50H38N2. The second kappa shape index (κ2) is 13.9. The van der Waals surface area contributed by atoms with Gasteiger partial charge >= 0.3 is 0 Å². The van der Waals surface area contributed by atoms with Crippen LogP contribution in [0.5, 0.6) is 0 Å². The molecule has 0 radical (unpaired) electrons. The van der Waals surface area contributed by atoms with Gasteiger partial charge in [0, 0.05) is 34.0 Å². The molecule has 0 bridgehead atoms. The van der Waals surface area contributed by atoms with Gasteiger partial charge in [0.15, 0.2) is 0 Å². The summed E-state index contributed by atoms with van der Waals surface area (Å²) in [6.45, 7) is 0. The number of fused-ring (bicyclic) bond motifs is 2. The lowest BCUT2D eigenvalue weighted by atomic mass is 9.94. The number of hydrogen-bond donors (Lipinski definition) is 1. The van der Waals surface area contributed by atoms with E-state index in [0.717, 1.165) is 29.9 Å². The molecule has 0 saturated heterocycles. The van der Waals surface area contributed by atoms with Crippen LogP contribution in [-0.2, 0) is 0 Å². The van der Waals surface area contributed by atoms with Crippen LogP contribution in [0, 0.1) is 0 Å². The molecular weight excluding hydrogens is 629 g/mol. The molecule has 8 aromatic rings. The number of allylic oxidation sites excluding steroid dienone is 4. The Balaban J connectivity index is 0.986. The van der Waals surface area contributed by atoms with Crippen molar-refractivity contribution < 1.29 is 0 Å². The van der Waals surface area contributed by atoms with Gasteiger partial charge in [-0.25, -0.2) is 0 Å². The number of nitrogens with one attached hydrogen (secondary N) is 1. The van der Waals surface area contributed by atoms with Gasteiger partial charge < -0.3 is 10.2 Å². The van der Waals surface area contributed by atoms with E-state index in [-0.39, 0.29) is 0 Å². The van der Waals surface area contributed by atoms with Gasteiger partial charge in [-0.05, 0) is 111 Å². The van der Waals surface area contributed by atoms with Crippen LogP contribution in [0.25, 0.3) is 49.4 Å². The Morgan fingerprint density at radius 2 is 1.02 bits per heavy atom. The maximum absolute atomic E-state index is 3.74. The zero-order chi connectivity index (χ0) is 34.7. The maximum Gasteiger partial charge on any atom is 0.0470 e. The Bertz CT molecular complexity index is 2560. The van der Waals surface area contributed by atoms with Crippen LogP contribution in [-0.4, -0.2) is 0 Å². The summed E-state index contributed by atoms with van der Waals surface area (Å²) in [5.41, 5.74) is 13.3. The average molecular weight is 667 g/mol. The molecule has 0 aromatic heterocycles. The van der Waals surface area contributed by atoms with Crippen molar-refractivity contribution in [1.82, 2.24) is 0 Å². The molecule has 0 aliphatic heterocycles. The lowest BCUT2D eigenvalue weighted by Crippen LogP contribution is -2.17. The SMILES string of the molecule is C1=C(c2ccc(Nc3ccc4ccccc4c3-c3ccccc3)cc2)CCC(N(c2ccccc2)c2ccc(-c3cccc4ccccc34)cc2)=C1. The Morgan fingerprint density at radius 1 is 0.404 bits per heavy atom. The minimum absolute atomic E-state index is 0.948. The number of hydrogen-bond acceptors (Lipinski definition) is 2. The Kier molecular flexibility index (Phi) is 8.40. The van der Waals surface area contributed by atoms with Crippen LogP contribution in [0.2, 0.25) is 0 Å². The summed E-state index contributed by atoms with van der Waals surface area (Å²) in [5.74, 6) is 0. The quantitative estimate of drug-likeness (QED) is 0.174. The molecule has 248 valence electrons. The summed E-state index contributed by atoms with van der Waals surface area (Å²) in [6, 6.07) is 67.5. The first-order valence-electron chi connectivity index (χ1n) is 18.1. The number of rotatable bonds is 8. The minimum atomic E-state index is 0.948. The Labute approximate surface area is 305 Å². The summed E-state index contributed by atoms with van der Waals surface area (Å²) in [7, 11) is 0. The summed E-state index contributed by atoms with van der Waals surface area (Å²) in [6.07, 6.45) is 6.53. The Hall–Kier alpha value is -6.64.